The van der Waals surface area contributed by atoms with Crippen LogP contribution >= 0.6 is 0 Å². The largest absolute Gasteiger partial charge is 0.392 e. The van der Waals surface area contributed by atoms with E-state index in [2.05, 4.69) is 9.62 Å². The Morgan fingerprint density at radius 2 is 1.95 bits per heavy atom. The SMILES string of the molecule is CCN(CC)CCNS(=O)(=O)c1cc(CO)ccc1F. The molecule has 0 bridgehead atoms. The minimum Gasteiger partial charge on any atom is -0.392 e. The van der Waals surface area contributed by atoms with Crippen LogP contribution in [0.3, 0.4) is 0 Å². The molecule has 0 saturated carbocycles. The fourth-order valence-electron chi connectivity index (χ4n) is 1.81. The van der Waals surface area contributed by atoms with Gasteiger partial charge < -0.3 is 10.0 Å². The second kappa shape index (κ2) is 7.68. The summed E-state index contributed by atoms with van der Waals surface area (Å²) in [5.74, 6) is -0.822. The van der Waals surface area contributed by atoms with Gasteiger partial charge in [0.05, 0.1) is 6.61 Å². The molecule has 0 atom stereocenters. The van der Waals surface area contributed by atoms with E-state index in [0.717, 1.165) is 25.2 Å². The van der Waals surface area contributed by atoms with E-state index < -0.39 is 20.7 Å². The number of aliphatic hydroxyl groups is 1. The number of hydrogen-bond acceptors (Lipinski definition) is 4. The Balaban J connectivity index is 2.78. The van der Waals surface area contributed by atoms with Gasteiger partial charge in [0.25, 0.3) is 0 Å². The summed E-state index contributed by atoms with van der Waals surface area (Å²) < 4.78 is 40.0. The predicted molar refractivity (Wildman–Crippen MR) is 75.3 cm³/mol. The lowest BCUT2D eigenvalue weighted by atomic mass is 10.2. The van der Waals surface area contributed by atoms with Crippen LogP contribution in [0, 0.1) is 5.82 Å². The lowest BCUT2D eigenvalue weighted by Crippen LogP contribution is -2.35. The van der Waals surface area contributed by atoms with Gasteiger partial charge >= 0.3 is 0 Å². The van der Waals surface area contributed by atoms with E-state index in [1.54, 1.807) is 0 Å². The highest BCUT2D eigenvalue weighted by Gasteiger charge is 2.19. The highest BCUT2D eigenvalue weighted by Crippen LogP contribution is 2.16. The number of likely N-dealkylation sites (N-methyl/N-ethyl adjacent to an activating group) is 1. The summed E-state index contributed by atoms with van der Waals surface area (Å²) in [5.41, 5.74) is 0.357. The molecule has 0 aliphatic rings. The number of benzene rings is 1. The molecule has 1 aromatic rings. The fourth-order valence-corrected chi connectivity index (χ4v) is 2.95. The number of rotatable bonds is 8. The number of nitrogens with one attached hydrogen (secondary N) is 1. The minimum absolute atomic E-state index is 0.215. The Hall–Kier alpha value is -1.02. The zero-order valence-corrected chi connectivity index (χ0v) is 12.6. The number of halogens is 1. The molecule has 1 rings (SSSR count). The summed E-state index contributed by atoms with van der Waals surface area (Å²) >= 11 is 0. The Morgan fingerprint density at radius 1 is 1.30 bits per heavy atom. The van der Waals surface area contributed by atoms with Gasteiger partial charge in [0.15, 0.2) is 0 Å². The van der Waals surface area contributed by atoms with Crippen LogP contribution in [-0.4, -0.2) is 44.6 Å². The van der Waals surface area contributed by atoms with Crippen LogP contribution in [0.1, 0.15) is 19.4 Å². The average molecular weight is 304 g/mol. The van der Waals surface area contributed by atoms with Crippen molar-refractivity contribution in [3.05, 3.63) is 29.6 Å². The quantitative estimate of drug-likeness (QED) is 0.750. The van der Waals surface area contributed by atoms with Gasteiger partial charge in [-0.3, -0.25) is 0 Å². The molecule has 0 unspecified atom stereocenters. The molecule has 0 amide bonds. The maximum Gasteiger partial charge on any atom is 0.243 e. The molecule has 0 aliphatic carbocycles. The molecule has 7 heteroatoms. The lowest BCUT2D eigenvalue weighted by Gasteiger charge is -2.18. The highest BCUT2D eigenvalue weighted by atomic mass is 32.2. The standard InChI is InChI=1S/C13H21FN2O3S/c1-3-16(4-2)8-7-15-20(18,19)13-9-11(10-17)5-6-12(13)14/h5-6,9,15,17H,3-4,7-8,10H2,1-2H3. The summed E-state index contributed by atoms with van der Waals surface area (Å²) in [6, 6.07) is 3.55. The van der Waals surface area contributed by atoms with Gasteiger partial charge in [-0.25, -0.2) is 17.5 Å². The summed E-state index contributed by atoms with van der Waals surface area (Å²) in [4.78, 5) is 1.63. The summed E-state index contributed by atoms with van der Waals surface area (Å²) in [6.45, 7) is 6.08. The van der Waals surface area contributed by atoms with Crippen LogP contribution in [0.5, 0.6) is 0 Å². The highest BCUT2D eigenvalue weighted by molar-refractivity contribution is 7.89. The number of aliphatic hydroxyl groups excluding tert-OH is 1. The van der Waals surface area contributed by atoms with E-state index in [9.17, 15) is 12.8 Å². The molecule has 1 aromatic carbocycles. The van der Waals surface area contributed by atoms with Crippen molar-refractivity contribution in [1.82, 2.24) is 9.62 Å². The van der Waals surface area contributed by atoms with E-state index in [0.29, 0.717) is 12.1 Å². The summed E-state index contributed by atoms with van der Waals surface area (Å²) in [6.07, 6.45) is 0. The van der Waals surface area contributed by atoms with Gasteiger partial charge in [-0.05, 0) is 30.8 Å². The van der Waals surface area contributed by atoms with Gasteiger partial charge in [-0.2, -0.15) is 0 Å². The van der Waals surface area contributed by atoms with Gasteiger partial charge in [-0.15, -0.1) is 0 Å². The first-order valence-electron chi connectivity index (χ1n) is 6.55. The van der Waals surface area contributed by atoms with Crippen LogP contribution in [0.2, 0.25) is 0 Å². The molecule has 2 N–H and O–H groups in total. The third-order valence-corrected chi connectivity index (χ3v) is 4.56. The van der Waals surface area contributed by atoms with Crippen molar-refractivity contribution < 1.29 is 17.9 Å². The Labute approximate surface area is 119 Å². The van der Waals surface area contributed by atoms with Crippen LogP contribution in [0.25, 0.3) is 0 Å². The monoisotopic (exact) mass is 304 g/mol. The Kier molecular flexibility index (Phi) is 6.54. The topological polar surface area (TPSA) is 69.6 Å². The van der Waals surface area contributed by atoms with Crippen molar-refractivity contribution >= 4 is 10.0 Å². The zero-order chi connectivity index (χ0) is 15.2. The van der Waals surface area contributed by atoms with Crippen LogP contribution in [-0.2, 0) is 16.6 Å². The third-order valence-electron chi connectivity index (χ3n) is 3.08. The zero-order valence-electron chi connectivity index (χ0n) is 11.8. The molecule has 0 heterocycles. The van der Waals surface area contributed by atoms with E-state index in [1.807, 2.05) is 13.8 Å². The molecule has 0 saturated heterocycles. The van der Waals surface area contributed by atoms with Gasteiger partial charge in [0.1, 0.15) is 10.7 Å². The molecule has 0 spiro atoms. The molecule has 0 radical (unpaired) electrons. The number of sulfonamides is 1. The molecule has 5 nitrogen and oxygen atoms in total. The van der Waals surface area contributed by atoms with Crippen LogP contribution in [0.4, 0.5) is 4.39 Å². The number of hydrogen-bond donors (Lipinski definition) is 2. The predicted octanol–water partition coefficient (Wildman–Crippen LogP) is 0.938. The van der Waals surface area contributed by atoms with E-state index in [-0.39, 0.29) is 13.2 Å². The lowest BCUT2D eigenvalue weighted by molar-refractivity contribution is 0.281. The molecule has 114 valence electrons. The first kappa shape index (κ1) is 17.0. The smallest absolute Gasteiger partial charge is 0.243 e. The second-order valence-electron chi connectivity index (χ2n) is 4.35. The average Bonchev–Trinajstić information content (AvgIpc) is 2.44. The van der Waals surface area contributed by atoms with Gasteiger partial charge in [-0.1, -0.05) is 19.9 Å². The number of nitrogens with zero attached hydrogens (tertiary/aromatic N) is 1. The molecule has 0 fully saturated rings. The third kappa shape index (κ3) is 4.52. The van der Waals surface area contributed by atoms with Crippen molar-refractivity contribution in [1.29, 1.82) is 0 Å². The van der Waals surface area contributed by atoms with Crippen molar-refractivity contribution in [3.63, 3.8) is 0 Å². The second-order valence-corrected chi connectivity index (χ2v) is 6.08. The first-order chi connectivity index (χ1) is 9.44. The maximum atomic E-state index is 13.6. The fraction of sp³-hybridized carbons (Fsp3) is 0.538. The maximum absolute atomic E-state index is 13.6. The van der Waals surface area contributed by atoms with Gasteiger partial charge in [0.2, 0.25) is 10.0 Å². The molecular formula is C13H21FN2O3S. The Morgan fingerprint density at radius 3 is 2.50 bits per heavy atom. The Bertz CT molecular complexity index is 530. The van der Waals surface area contributed by atoms with Crippen molar-refractivity contribution in [2.24, 2.45) is 0 Å². The van der Waals surface area contributed by atoms with Crippen molar-refractivity contribution in [2.45, 2.75) is 25.3 Å². The first-order valence-corrected chi connectivity index (χ1v) is 8.04. The summed E-state index contributed by atoms with van der Waals surface area (Å²) in [7, 11) is -3.90. The van der Waals surface area contributed by atoms with E-state index >= 15 is 0 Å². The molecular weight excluding hydrogens is 283 g/mol. The van der Waals surface area contributed by atoms with E-state index in [4.69, 9.17) is 5.11 Å². The minimum atomic E-state index is -3.90. The molecule has 0 aromatic heterocycles. The van der Waals surface area contributed by atoms with E-state index in [1.165, 1.54) is 6.07 Å². The van der Waals surface area contributed by atoms with Crippen molar-refractivity contribution in [2.75, 3.05) is 26.2 Å². The summed E-state index contributed by atoms with van der Waals surface area (Å²) in [5, 5.41) is 8.99. The van der Waals surface area contributed by atoms with Crippen molar-refractivity contribution in [3.8, 4) is 0 Å². The molecule has 0 aliphatic heterocycles. The molecule has 20 heavy (non-hydrogen) atoms. The van der Waals surface area contributed by atoms with Crippen LogP contribution < -0.4 is 4.72 Å². The normalized spacial score (nSPS) is 12.1. The van der Waals surface area contributed by atoms with Gasteiger partial charge in [0, 0.05) is 13.1 Å². The van der Waals surface area contributed by atoms with Crippen LogP contribution in [0.15, 0.2) is 23.1 Å².